The third-order valence-electron chi connectivity index (χ3n) is 3.62. The van der Waals surface area contributed by atoms with E-state index < -0.39 is 31.0 Å². The molecule has 3 N–H and O–H groups in total. The van der Waals surface area contributed by atoms with Crippen molar-refractivity contribution in [1.29, 1.82) is 0 Å². The van der Waals surface area contributed by atoms with Gasteiger partial charge in [-0.3, -0.25) is 9.59 Å². The van der Waals surface area contributed by atoms with Crippen LogP contribution in [0.15, 0.2) is 30.3 Å². The molecule has 0 fully saturated rings. The van der Waals surface area contributed by atoms with Crippen molar-refractivity contribution in [3.63, 3.8) is 0 Å². The van der Waals surface area contributed by atoms with Crippen molar-refractivity contribution < 1.29 is 33.3 Å². The molecule has 2 aromatic rings. The lowest BCUT2D eigenvalue weighted by Crippen LogP contribution is -2.21. The Labute approximate surface area is 181 Å². The summed E-state index contributed by atoms with van der Waals surface area (Å²) < 4.78 is 20.6. The van der Waals surface area contributed by atoms with E-state index in [-0.39, 0.29) is 38.5 Å². The molecule has 0 aliphatic carbocycles. The van der Waals surface area contributed by atoms with E-state index in [9.17, 15) is 14.4 Å². The first-order valence-electron chi connectivity index (χ1n) is 8.35. The number of amides is 2. The van der Waals surface area contributed by atoms with Gasteiger partial charge in [-0.15, -0.1) is 0 Å². The van der Waals surface area contributed by atoms with Crippen molar-refractivity contribution in [2.75, 3.05) is 32.8 Å². The largest absolute Gasteiger partial charge is 0.493 e. The van der Waals surface area contributed by atoms with Gasteiger partial charge in [-0.2, -0.15) is 0 Å². The molecule has 0 aliphatic heterocycles. The van der Waals surface area contributed by atoms with E-state index in [0.717, 1.165) is 0 Å². The highest BCUT2D eigenvalue weighted by Gasteiger charge is 2.20. The fourth-order valence-electron chi connectivity index (χ4n) is 2.28. The van der Waals surface area contributed by atoms with Gasteiger partial charge in [0.25, 0.3) is 11.8 Å². The fourth-order valence-corrected chi connectivity index (χ4v) is 2.63. The van der Waals surface area contributed by atoms with E-state index in [4.69, 9.17) is 47.9 Å². The maximum absolute atomic E-state index is 12.4. The lowest BCUT2D eigenvalue weighted by atomic mass is 10.2. The van der Waals surface area contributed by atoms with Crippen molar-refractivity contribution in [1.82, 2.24) is 0 Å². The summed E-state index contributed by atoms with van der Waals surface area (Å²) in [6.45, 7) is -0.991. The number of halogens is 2. The lowest BCUT2D eigenvalue weighted by Gasteiger charge is -2.15. The quantitative estimate of drug-likeness (QED) is 0.555. The summed E-state index contributed by atoms with van der Waals surface area (Å²) in [4.78, 5) is 35.4. The molecule has 0 aliphatic rings. The molecule has 0 aromatic heterocycles. The van der Waals surface area contributed by atoms with Crippen LogP contribution >= 0.6 is 23.2 Å². The van der Waals surface area contributed by atoms with Crippen LogP contribution in [0, 0.1) is 0 Å². The van der Waals surface area contributed by atoms with Crippen LogP contribution in [0.4, 0.5) is 5.69 Å². The molecule has 0 radical (unpaired) electrons. The summed E-state index contributed by atoms with van der Waals surface area (Å²) in [6, 6.07) is 7.35. The van der Waals surface area contributed by atoms with Gasteiger partial charge >= 0.3 is 5.97 Å². The van der Waals surface area contributed by atoms with E-state index in [2.05, 4.69) is 5.32 Å². The Balaban J connectivity index is 2.09. The highest BCUT2D eigenvalue weighted by atomic mass is 35.5. The molecule has 0 unspecified atom stereocenters. The van der Waals surface area contributed by atoms with Crippen molar-refractivity contribution in [3.8, 4) is 17.2 Å². The van der Waals surface area contributed by atoms with Crippen LogP contribution < -0.4 is 25.3 Å². The lowest BCUT2D eigenvalue weighted by molar-refractivity contribution is -0.120. The molecule has 160 valence electrons. The number of rotatable bonds is 9. The van der Waals surface area contributed by atoms with Gasteiger partial charge in [0.05, 0.1) is 35.5 Å². The zero-order valence-corrected chi connectivity index (χ0v) is 17.5. The van der Waals surface area contributed by atoms with Crippen LogP contribution in [0.5, 0.6) is 17.2 Å². The molecular weight excluding hydrogens is 439 g/mol. The Morgan fingerprint density at radius 3 is 2.23 bits per heavy atom. The number of methoxy groups -OCH3 is 2. The zero-order valence-electron chi connectivity index (χ0n) is 16.0. The minimum atomic E-state index is -0.819. The van der Waals surface area contributed by atoms with Gasteiger partial charge in [-0.1, -0.05) is 29.3 Å². The highest BCUT2D eigenvalue weighted by Crippen LogP contribution is 2.38. The number of primary amides is 1. The molecule has 0 heterocycles. The molecule has 11 heteroatoms. The van der Waals surface area contributed by atoms with E-state index >= 15 is 0 Å². The third kappa shape index (κ3) is 5.91. The number of carbonyl (C=O) groups excluding carboxylic acids is 3. The Morgan fingerprint density at radius 1 is 1.03 bits per heavy atom. The van der Waals surface area contributed by atoms with Crippen LogP contribution in [-0.2, 0) is 14.3 Å². The summed E-state index contributed by atoms with van der Waals surface area (Å²) in [7, 11) is 2.67. The number of ether oxygens (including phenoxy) is 4. The molecule has 9 nitrogen and oxygen atoms in total. The number of nitrogens with two attached hydrogens (primary N) is 1. The Bertz CT molecular complexity index is 941. The predicted octanol–water partition coefficient (Wildman–Crippen LogP) is 2.67. The summed E-state index contributed by atoms with van der Waals surface area (Å²) in [5.41, 5.74) is 5.38. The number of carbonyl (C=O) groups is 3. The van der Waals surface area contributed by atoms with Gasteiger partial charge in [-0.05, 0) is 24.3 Å². The van der Waals surface area contributed by atoms with Crippen molar-refractivity contribution in [2.45, 2.75) is 0 Å². The standard InChI is InChI=1S/C19H18Cl2N2O7/c1-27-13-6-10(7-14(28-2)18(13)29-8-15(22)24)19(26)30-9-16(25)23-12-5-3-4-11(20)17(12)21/h3-7H,8-9H2,1-2H3,(H2,22,24)(H,23,25). The average Bonchev–Trinajstić information content (AvgIpc) is 2.72. The second kappa shape index (κ2) is 10.6. The summed E-state index contributed by atoms with van der Waals surface area (Å²) in [6.07, 6.45) is 0. The van der Waals surface area contributed by atoms with Crippen LogP contribution in [0.1, 0.15) is 10.4 Å². The first-order chi connectivity index (χ1) is 14.3. The summed E-state index contributed by atoms with van der Waals surface area (Å²) in [5, 5.41) is 2.93. The number of anilines is 1. The van der Waals surface area contributed by atoms with Gasteiger partial charge in [-0.25, -0.2) is 4.79 Å². The summed E-state index contributed by atoms with van der Waals surface area (Å²) >= 11 is 11.9. The first-order valence-corrected chi connectivity index (χ1v) is 9.10. The minimum Gasteiger partial charge on any atom is -0.493 e. The van der Waals surface area contributed by atoms with E-state index in [1.165, 1.54) is 26.4 Å². The molecule has 2 aromatic carbocycles. The van der Waals surface area contributed by atoms with Gasteiger partial charge in [0, 0.05) is 0 Å². The SMILES string of the molecule is COc1cc(C(=O)OCC(=O)Nc2cccc(Cl)c2Cl)cc(OC)c1OCC(N)=O. The molecule has 2 amide bonds. The average molecular weight is 457 g/mol. The maximum atomic E-state index is 12.4. The smallest absolute Gasteiger partial charge is 0.338 e. The third-order valence-corrected chi connectivity index (χ3v) is 4.43. The fraction of sp³-hybridized carbons (Fsp3) is 0.211. The molecule has 0 bridgehead atoms. The predicted molar refractivity (Wildman–Crippen MR) is 110 cm³/mol. The van der Waals surface area contributed by atoms with Gasteiger partial charge in [0.1, 0.15) is 0 Å². The molecule has 0 saturated carbocycles. The molecule has 30 heavy (non-hydrogen) atoms. The highest BCUT2D eigenvalue weighted by molar-refractivity contribution is 6.44. The van der Waals surface area contributed by atoms with Crippen LogP contribution in [0.3, 0.4) is 0 Å². The number of esters is 1. The molecular formula is C19H18Cl2N2O7. The number of benzene rings is 2. The monoisotopic (exact) mass is 456 g/mol. The second-order valence-electron chi connectivity index (χ2n) is 5.69. The zero-order chi connectivity index (χ0) is 22.3. The number of hydrogen-bond donors (Lipinski definition) is 2. The number of nitrogens with one attached hydrogen (secondary N) is 1. The van der Waals surface area contributed by atoms with Crippen LogP contribution in [0.25, 0.3) is 0 Å². The van der Waals surface area contributed by atoms with Gasteiger partial charge < -0.3 is 30.0 Å². The number of hydrogen-bond acceptors (Lipinski definition) is 7. The minimum absolute atomic E-state index is 0.0312. The normalized spacial score (nSPS) is 10.1. The van der Waals surface area contributed by atoms with Gasteiger partial charge in [0.2, 0.25) is 5.75 Å². The Kier molecular flexibility index (Phi) is 8.14. The van der Waals surface area contributed by atoms with Crippen molar-refractivity contribution >= 4 is 46.7 Å². The Morgan fingerprint density at radius 2 is 1.67 bits per heavy atom. The summed E-state index contributed by atoms with van der Waals surface area (Å²) in [5.74, 6) is -1.83. The van der Waals surface area contributed by atoms with Crippen LogP contribution in [-0.4, -0.2) is 45.2 Å². The van der Waals surface area contributed by atoms with E-state index in [1.54, 1.807) is 18.2 Å². The van der Waals surface area contributed by atoms with Crippen molar-refractivity contribution in [2.24, 2.45) is 5.73 Å². The second-order valence-corrected chi connectivity index (χ2v) is 6.48. The van der Waals surface area contributed by atoms with E-state index in [0.29, 0.717) is 0 Å². The van der Waals surface area contributed by atoms with Gasteiger partial charge in [0.15, 0.2) is 24.7 Å². The van der Waals surface area contributed by atoms with Crippen LogP contribution in [0.2, 0.25) is 10.0 Å². The molecule has 0 spiro atoms. The van der Waals surface area contributed by atoms with E-state index in [1.807, 2.05) is 0 Å². The molecule has 0 atom stereocenters. The maximum Gasteiger partial charge on any atom is 0.338 e. The molecule has 0 saturated heterocycles. The Hall–Kier alpha value is -3.17. The van der Waals surface area contributed by atoms with Crippen molar-refractivity contribution in [3.05, 3.63) is 45.9 Å². The molecule has 2 rings (SSSR count). The first kappa shape index (κ1) is 23.1. The topological polar surface area (TPSA) is 126 Å².